The van der Waals surface area contributed by atoms with Crippen LogP contribution >= 0.6 is 11.6 Å². The molecule has 0 heterocycles. The van der Waals surface area contributed by atoms with E-state index in [2.05, 4.69) is 0 Å². The average Bonchev–Trinajstić information content (AvgIpc) is 2.47. The zero-order chi connectivity index (χ0) is 17.2. The predicted octanol–water partition coefficient (Wildman–Crippen LogP) is 4.93. The number of rotatable bonds is 3. The van der Waals surface area contributed by atoms with Gasteiger partial charge in [-0.25, -0.2) is 0 Å². The van der Waals surface area contributed by atoms with E-state index in [9.17, 15) is 23.3 Å². The summed E-state index contributed by atoms with van der Waals surface area (Å²) >= 11 is 5.74. The summed E-state index contributed by atoms with van der Waals surface area (Å²) in [4.78, 5) is 9.99. The van der Waals surface area contributed by atoms with E-state index in [1.54, 1.807) is 6.07 Å². The Hall–Kier alpha value is -2.79. The summed E-state index contributed by atoms with van der Waals surface area (Å²) in [7, 11) is 0. The van der Waals surface area contributed by atoms with Crippen LogP contribution in [0.5, 0.6) is 11.5 Å². The summed E-state index contributed by atoms with van der Waals surface area (Å²) in [6.07, 6.45) is -4.54. The molecule has 0 atom stereocenters. The first-order valence-electron chi connectivity index (χ1n) is 5.95. The molecule has 0 radical (unpaired) electrons. The number of halogens is 4. The second-order valence-electron chi connectivity index (χ2n) is 4.29. The normalized spacial score (nSPS) is 10.9. The Kier molecular flexibility index (Phi) is 4.43. The van der Waals surface area contributed by atoms with Crippen molar-refractivity contribution in [2.45, 2.75) is 6.18 Å². The molecule has 0 aliphatic heterocycles. The maximum absolute atomic E-state index is 12.5. The lowest BCUT2D eigenvalue weighted by Crippen LogP contribution is -2.04. The van der Waals surface area contributed by atoms with Crippen molar-refractivity contribution >= 4 is 17.3 Å². The second kappa shape index (κ2) is 6.14. The SMILES string of the molecule is N#Cc1cc(Oc2ccc(C(F)(F)F)cc2Cl)ccc1[N+](=O)[O-]. The first-order valence-corrected chi connectivity index (χ1v) is 6.33. The maximum Gasteiger partial charge on any atom is 0.416 e. The topological polar surface area (TPSA) is 76.2 Å². The van der Waals surface area contributed by atoms with Crippen molar-refractivity contribution in [3.8, 4) is 17.6 Å². The zero-order valence-electron chi connectivity index (χ0n) is 11.1. The minimum atomic E-state index is -4.54. The second-order valence-corrected chi connectivity index (χ2v) is 4.70. The molecule has 0 aromatic heterocycles. The lowest BCUT2D eigenvalue weighted by Gasteiger charge is -2.11. The molecule has 0 amide bonds. The molecule has 118 valence electrons. The summed E-state index contributed by atoms with van der Waals surface area (Å²) in [5.74, 6) is -0.0359. The molecule has 0 saturated heterocycles. The van der Waals surface area contributed by atoms with Crippen molar-refractivity contribution < 1.29 is 22.8 Å². The van der Waals surface area contributed by atoms with E-state index in [-0.39, 0.29) is 22.1 Å². The van der Waals surface area contributed by atoms with Crippen LogP contribution in [0.4, 0.5) is 18.9 Å². The molecule has 2 rings (SSSR count). The number of benzene rings is 2. The Bertz CT molecular complexity index is 816. The number of ether oxygens (including phenoxy) is 1. The first kappa shape index (κ1) is 16.6. The van der Waals surface area contributed by atoms with Crippen molar-refractivity contribution in [3.05, 3.63) is 62.7 Å². The third-order valence-corrected chi connectivity index (χ3v) is 3.07. The standard InChI is InChI=1S/C14H6ClF3N2O3/c15-11-6-9(14(16,17)18)1-4-13(11)23-10-2-3-12(20(21)22)8(5-10)7-19/h1-6H. The van der Waals surface area contributed by atoms with Gasteiger partial charge in [-0.05, 0) is 24.3 Å². The molecule has 0 fully saturated rings. The monoisotopic (exact) mass is 342 g/mol. The van der Waals surface area contributed by atoms with Crippen LogP contribution in [0.1, 0.15) is 11.1 Å². The number of nitriles is 1. The molecule has 0 spiro atoms. The quantitative estimate of drug-likeness (QED) is 0.585. The van der Waals surface area contributed by atoms with Crippen molar-refractivity contribution in [2.24, 2.45) is 0 Å². The summed E-state index contributed by atoms with van der Waals surface area (Å²) in [5.41, 5.74) is -1.58. The lowest BCUT2D eigenvalue weighted by molar-refractivity contribution is -0.385. The average molecular weight is 343 g/mol. The Balaban J connectivity index is 2.33. The summed E-state index contributed by atoms with van der Waals surface area (Å²) in [6.45, 7) is 0. The van der Waals surface area contributed by atoms with Gasteiger partial charge in [0, 0.05) is 12.1 Å². The van der Waals surface area contributed by atoms with E-state index in [0.29, 0.717) is 6.07 Å². The molecule has 0 aliphatic rings. The number of nitrogens with zero attached hydrogens (tertiary/aromatic N) is 2. The minimum Gasteiger partial charge on any atom is -0.456 e. The summed E-state index contributed by atoms with van der Waals surface area (Å²) in [6, 6.07) is 7.54. The van der Waals surface area contributed by atoms with Crippen LogP contribution < -0.4 is 4.74 Å². The molecule has 9 heteroatoms. The third-order valence-electron chi connectivity index (χ3n) is 2.77. The highest BCUT2D eigenvalue weighted by Gasteiger charge is 2.31. The third kappa shape index (κ3) is 3.70. The Morgan fingerprint density at radius 3 is 2.43 bits per heavy atom. The number of nitro benzene ring substituents is 1. The van der Waals surface area contributed by atoms with Gasteiger partial charge in [0.1, 0.15) is 23.1 Å². The van der Waals surface area contributed by atoms with Gasteiger partial charge in [-0.1, -0.05) is 11.6 Å². The molecular weight excluding hydrogens is 337 g/mol. The van der Waals surface area contributed by atoms with Gasteiger partial charge in [-0.15, -0.1) is 0 Å². The predicted molar refractivity (Wildman–Crippen MR) is 74.3 cm³/mol. The van der Waals surface area contributed by atoms with Crippen molar-refractivity contribution in [2.75, 3.05) is 0 Å². The van der Waals surface area contributed by atoms with Crippen LogP contribution in [-0.4, -0.2) is 4.92 Å². The van der Waals surface area contributed by atoms with Crippen LogP contribution in [0.25, 0.3) is 0 Å². The Labute approximate surface area is 132 Å². The molecule has 2 aromatic rings. The van der Waals surface area contributed by atoms with Gasteiger partial charge in [-0.3, -0.25) is 10.1 Å². The van der Waals surface area contributed by atoms with Crippen LogP contribution in [-0.2, 0) is 6.18 Å². The van der Waals surface area contributed by atoms with Crippen molar-refractivity contribution in [3.63, 3.8) is 0 Å². The Morgan fingerprint density at radius 2 is 1.91 bits per heavy atom. The molecular formula is C14H6ClF3N2O3. The highest BCUT2D eigenvalue weighted by molar-refractivity contribution is 6.32. The molecule has 0 bridgehead atoms. The molecule has 0 aliphatic carbocycles. The number of nitro groups is 1. The van der Waals surface area contributed by atoms with E-state index in [0.717, 1.165) is 24.3 Å². The lowest BCUT2D eigenvalue weighted by atomic mass is 10.2. The summed E-state index contributed by atoms with van der Waals surface area (Å²) in [5, 5.41) is 19.3. The molecule has 0 N–H and O–H groups in total. The maximum atomic E-state index is 12.5. The number of hydrogen-bond acceptors (Lipinski definition) is 4. The van der Waals surface area contributed by atoms with E-state index >= 15 is 0 Å². The molecule has 5 nitrogen and oxygen atoms in total. The van der Waals surface area contributed by atoms with Crippen LogP contribution in [0.15, 0.2) is 36.4 Å². The van der Waals surface area contributed by atoms with E-state index < -0.39 is 22.4 Å². The van der Waals surface area contributed by atoms with Crippen molar-refractivity contribution in [1.29, 1.82) is 5.26 Å². The van der Waals surface area contributed by atoms with Gasteiger partial charge in [0.15, 0.2) is 0 Å². The van der Waals surface area contributed by atoms with Crippen LogP contribution in [0, 0.1) is 21.4 Å². The van der Waals surface area contributed by atoms with Crippen LogP contribution in [0.2, 0.25) is 5.02 Å². The van der Waals surface area contributed by atoms with Gasteiger partial charge in [-0.2, -0.15) is 18.4 Å². The van der Waals surface area contributed by atoms with Gasteiger partial charge in [0.25, 0.3) is 5.69 Å². The fourth-order valence-corrected chi connectivity index (χ4v) is 1.93. The fourth-order valence-electron chi connectivity index (χ4n) is 1.71. The van der Waals surface area contributed by atoms with Crippen LogP contribution in [0.3, 0.4) is 0 Å². The molecule has 0 unspecified atom stereocenters. The molecule has 23 heavy (non-hydrogen) atoms. The summed E-state index contributed by atoms with van der Waals surface area (Å²) < 4.78 is 42.9. The van der Waals surface area contributed by atoms with E-state index in [1.165, 1.54) is 6.07 Å². The van der Waals surface area contributed by atoms with Gasteiger partial charge < -0.3 is 4.74 Å². The Morgan fingerprint density at radius 1 is 1.22 bits per heavy atom. The van der Waals surface area contributed by atoms with Crippen molar-refractivity contribution in [1.82, 2.24) is 0 Å². The van der Waals surface area contributed by atoms with E-state index in [4.69, 9.17) is 21.6 Å². The van der Waals surface area contributed by atoms with Gasteiger partial charge in [0.2, 0.25) is 0 Å². The highest BCUT2D eigenvalue weighted by atomic mass is 35.5. The first-order chi connectivity index (χ1) is 10.7. The highest BCUT2D eigenvalue weighted by Crippen LogP contribution is 2.37. The fraction of sp³-hybridized carbons (Fsp3) is 0.0714. The zero-order valence-corrected chi connectivity index (χ0v) is 11.9. The molecule has 2 aromatic carbocycles. The molecule has 0 saturated carbocycles. The smallest absolute Gasteiger partial charge is 0.416 e. The number of alkyl halides is 3. The largest absolute Gasteiger partial charge is 0.456 e. The number of hydrogen-bond donors (Lipinski definition) is 0. The minimum absolute atomic E-state index is 0.0359. The van der Waals surface area contributed by atoms with E-state index in [1.807, 2.05) is 0 Å². The van der Waals surface area contributed by atoms with Gasteiger partial charge in [0.05, 0.1) is 15.5 Å². The van der Waals surface area contributed by atoms with Gasteiger partial charge >= 0.3 is 6.18 Å².